The van der Waals surface area contributed by atoms with Gasteiger partial charge in [0.25, 0.3) is 0 Å². The quantitative estimate of drug-likeness (QED) is 0.608. The Bertz CT molecular complexity index is 774. The summed E-state index contributed by atoms with van der Waals surface area (Å²) in [6.07, 6.45) is 5.79. The van der Waals surface area contributed by atoms with E-state index in [1.807, 2.05) is 0 Å². The number of benzene rings is 2. The van der Waals surface area contributed by atoms with Gasteiger partial charge in [-0.1, -0.05) is 62.1 Å². The third kappa shape index (κ3) is 4.02. The third-order valence-electron chi connectivity index (χ3n) is 5.24. The number of carbonyl (C=O) groups excluding carboxylic acids is 1. The Hall–Kier alpha value is -2.46. The summed E-state index contributed by atoms with van der Waals surface area (Å²) in [6.45, 7) is 0. The maximum absolute atomic E-state index is 12.7. The minimum atomic E-state index is -1.15. The summed E-state index contributed by atoms with van der Waals surface area (Å²) in [5, 5.41) is 20.3. The van der Waals surface area contributed by atoms with Crippen LogP contribution in [-0.2, 0) is 0 Å². The lowest BCUT2D eigenvalue weighted by Crippen LogP contribution is -2.15. The molecule has 2 aromatic carbocycles. The second kappa shape index (κ2) is 8.28. The number of ketones is 1. The van der Waals surface area contributed by atoms with Gasteiger partial charge in [-0.15, -0.1) is 0 Å². The van der Waals surface area contributed by atoms with Crippen LogP contribution in [0.4, 0.5) is 0 Å². The molecule has 1 atom stereocenters. The number of aliphatic hydroxyl groups excluding tert-OH is 1. The van der Waals surface area contributed by atoms with Crippen molar-refractivity contribution in [3.8, 4) is 0 Å². The van der Waals surface area contributed by atoms with Crippen molar-refractivity contribution in [1.82, 2.24) is 0 Å². The van der Waals surface area contributed by atoms with Crippen molar-refractivity contribution >= 4 is 11.8 Å². The van der Waals surface area contributed by atoms with E-state index in [9.17, 15) is 19.8 Å². The van der Waals surface area contributed by atoms with Crippen LogP contribution in [0, 0.1) is 5.92 Å². The first-order valence-electron chi connectivity index (χ1n) is 9.23. The lowest BCUT2D eigenvalue weighted by molar-refractivity contribution is 0.0691. The number of aromatic carboxylic acids is 1. The second-order valence-electron chi connectivity index (χ2n) is 7.00. The van der Waals surface area contributed by atoms with Gasteiger partial charge in [0.15, 0.2) is 5.78 Å². The third-order valence-corrected chi connectivity index (χ3v) is 5.24. The average molecular weight is 352 g/mol. The van der Waals surface area contributed by atoms with Crippen LogP contribution in [0.5, 0.6) is 0 Å². The Kier molecular flexibility index (Phi) is 5.84. The van der Waals surface area contributed by atoms with Crippen molar-refractivity contribution in [3.63, 3.8) is 0 Å². The molecule has 0 heterocycles. The molecule has 2 aromatic rings. The molecular formula is C22H24O4. The number of carboxylic acid groups (broad SMARTS) is 1. The summed E-state index contributed by atoms with van der Waals surface area (Å²) in [7, 11) is 0. The van der Waals surface area contributed by atoms with Crippen molar-refractivity contribution in [2.45, 2.75) is 44.6 Å². The molecule has 4 nitrogen and oxygen atoms in total. The van der Waals surface area contributed by atoms with Gasteiger partial charge in [-0.25, -0.2) is 4.79 Å². The molecule has 0 bridgehead atoms. The molecule has 1 fully saturated rings. The molecule has 26 heavy (non-hydrogen) atoms. The van der Waals surface area contributed by atoms with Gasteiger partial charge in [0, 0.05) is 11.1 Å². The molecule has 0 amide bonds. The molecule has 0 radical (unpaired) electrons. The van der Waals surface area contributed by atoms with Crippen molar-refractivity contribution < 1.29 is 19.8 Å². The van der Waals surface area contributed by atoms with Gasteiger partial charge in [0.2, 0.25) is 0 Å². The predicted octanol–water partition coefficient (Wildman–Crippen LogP) is 4.62. The Morgan fingerprint density at radius 3 is 2.15 bits per heavy atom. The van der Waals surface area contributed by atoms with E-state index in [4.69, 9.17) is 0 Å². The first-order valence-corrected chi connectivity index (χ1v) is 9.23. The van der Waals surface area contributed by atoms with Crippen molar-refractivity contribution in [2.75, 3.05) is 0 Å². The highest BCUT2D eigenvalue weighted by Gasteiger charge is 2.25. The van der Waals surface area contributed by atoms with E-state index < -0.39 is 12.1 Å². The van der Waals surface area contributed by atoms with Crippen LogP contribution in [0.3, 0.4) is 0 Å². The molecule has 1 aliphatic carbocycles. The Labute approximate surface area is 153 Å². The number of hydrogen-bond donors (Lipinski definition) is 2. The number of rotatable bonds is 5. The van der Waals surface area contributed by atoms with Gasteiger partial charge in [-0.3, -0.25) is 4.79 Å². The van der Waals surface area contributed by atoms with Crippen LogP contribution in [0.15, 0.2) is 48.5 Å². The van der Waals surface area contributed by atoms with Crippen LogP contribution in [0.1, 0.15) is 76.5 Å². The van der Waals surface area contributed by atoms with Crippen LogP contribution in [0.2, 0.25) is 0 Å². The van der Waals surface area contributed by atoms with Gasteiger partial charge in [-0.05, 0) is 36.5 Å². The standard InChI is InChI=1S/C22H24O4/c23-20(15-8-4-1-2-5-9-15)17-12-13-18(19(14-17)22(25)26)21(24)16-10-6-3-7-11-16/h3,6-7,10-15,20,23H,1-2,4-5,8-9H2,(H,25,26). The van der Waals surface area contributed by atoms with Crippen LogP contribution >= 0.6 is 0 Å². The van der Waals surface area contributed by atoms with E-state index in [1.165, 1.54) is 25.0 Å². The van der Waals surface area contributed by atoms with Gasteiger partial charge in [0.05, 0.1) is 11.7 Å². The fourth-order valence-electron chi connectivity index (χ4n) is 3.76. The molecule has 4 heteroatoms. The summed E-state index contributed by atoms with van der Waals surface area (Å²) in [5.74, 6) is -1.33. The zero-order chi connectivity index (χ0) is 18.5. The van der Waals surface area contributed by atoms with E-state index in [0.717, 1.165) is 25.7 Å². The SMILES string of the molecule is O=C(O)c1cc(C(O)C2CCCCCC2)ccc1C(=O)c1ccccc1. The molecule has 1 aliphatic rings. The minimum Gasteiger partial charge on any atom is -0.478 e. The van der Waals surface area contributed by atoms with Gasteiger partial charge in [0.1, 0.15) is 0 Å². The second-order valence-corrected chi connectivity index (χ2v) is 7.00. The van der Waals surface area contributed by atoms with Crippen molar-refractivity contribution in [3.05, 3.63) is 70.8 Å². The van der Waals surface area contributed by atoms with E-state index >= 15 is 0 Å². The summed E-state index contributed by atoms with van der Waals surface area (Å²) < 4.78 is 0. The maximum Gasteiger partial charge on any atom is 0.336 e. The van der Waals surface area contributed by atoms with Gasteiger partial charge < -0.3 is 10.2 Å². The summed E-state index contributed by atoms with van der Waals surface area (Å²) >= 11 is 0. The topological polar surface area (TPSA) is 74.6 Å². The van der Waals surface area contributed by atoms with Crippen molar-refractivity contribution in [2.24, 2.45) is 5.92 Å². The largest absolute Gasteiger partial charge is 0.478 e. The molecule has 0 aromatic heterocycles. The molecule has 136 valence electrons. The van der Waals surface area contributed by atoms with Gasteiger partial charge in [-0.2, -0.15) is 0 Å². The molecular weight excluding hydrogens is 328 g/mol. The van der Waals surface area contributed by atoms with E-state index in [2.05, 4.69) is 0 Å². The smallest absolute Gasteiger partial charge is 0.336 e. The lowest BCUT2D eigenvalue weighted by atomic mass is 9.87. The molecule has 0 saturated heterocycles. The molecule has 2 N–H and O–H groups in total. The van der Waals surface area contributed by atoms with Gasteiger partial charge >= 0.3 is 5.97 Å². The van der Waals surface area contributed by atoms with E-state index in [0.29, 0.717) is 11.1 Å². The number of carbonyl (C=O) groups is 2. The maximum atomic E-state index is 12.7. The predicted molar refractivity (Wildman–Crippen MR) is 99.4 cm³/mol. The zero-order valence-corrected chi connectivity index (χ0v) is 14.7. The Balaban J connectivity index is 1.91. The highest BCUT2D eigenvalue weighted by atomic mass is 16.4. The Morgan fingerprint density at radius 2 is 1.54 bits per heavy atom. The number of aliphatic hydroxyl groups is 1. The summed E-state index contributed by atoms with van der Waals surface area (Å²) in [6, 6.07) is 13.3. The van der Waals surface area contributed by atoms with Crippen LogP contribution < -0.4 is 0 Å². The first kappa shape index (κ1) is 18.3. The normalized spacial score (nSPS) is 16.7. The molecule has 1 saturated carbocycles. The number of carboxylic acids is 1. The fraction of sp³-hybridized carbons (Fsp3) is 0.364. The zero-order valence-electron chi connectivity index (χ0n) is 14.7. The van der Waals surface area contributed by atoms with E-state index in [-0.39, 0.29) is 22.8 Å². The molecule has 0 spiro atoms. The average Bonchev–Trinajstić information content (AvgIpc) is 2.96. The highest BCUT2D eigenvalue weighted by Crippen LogP contribution is 2.34. The molecule has 1 unspecified atom stereocenters. The van der Waals surface area contributed by atoms with Crippen molar-refractivity contribution in [1.29, 1.82) is 0 Å². The fourth-order valence-corrected chi connectivity index (χ4v) is 3.76. The van der Waals surface area contributed by atoms with Crippen LogP contribution in [-0.4, -0.2) is 22.0 Å². The summed E-state index contributed by atoms with van der Waals surface area (Å²) in [4.78, 5) is 24.4. The minimum absolute atomic E-state index is 0.0518. The van der Waals surface area contributed by atoms with Crippen LogP contribution in [0.25, 0.3) is 0 Å². The highest BCUT2D eigenvalue weighted by molar-refractivity contribution is 6.14. The summed E-state index contributed by atoms with van der Waals surface area (Å²) in [5.41, 5.74) is 1.13. The molecule has 0 aliphatic heterocycles. The number of hydrogen-bond acceptors (Lipinski definition) is 3. The lowest BCUT2D eigenvalue weighted by Gasteiger charge is -2.22. The Morgan fingerprint density at radius 1 is 0.885 bits per heavy atom. The first-order chi connectivity index (χ1) is 12.6. The van der Waals surface area contributed by atoms with E-state index in [1.54, 1.807) is 36.4 Å². The molecule has 3 rings (SSSR count). The monoisotopic (exact) mass is 352 g/mol.